The van der Waals surface area contributed by atoms with Crippen molar-refractivity contribution in [1.29, 1.82) is 0 Å². The smallest absolute Gasteiger partial charge is 0.256 e. The minimum Gasteiger partial charge on any atom is -0.331 e. The zero-order valence-electron chi connectivity index (χ0n) is 9.72. The second-order valence-corrected chi connectivity index (χ2v) is 8.43. The predicted molar refractivity (Wildman–Crippen MR) is 77.7 cm³/mol. The van der Waals surface area contributed by atoms with Gasteiger partial charge >= 0.3 is 0 Å². The Morgan fingerprint density at radius 1 is 1.53 bits per heavy atom. The Labute approximate surface area is 122 Å². The molecular weight excluding hydrogens is 368 g/mol. The number of hydrogen-bond acceptors (Lipinski definition) is 3. The highest BCUT2D eigenvalue weighted by Gasteiger charge is 2.34. The van der Waals surface area contributed by atoms with Crippen molar-refractivity contribution in [3.63, 3.8) is 0 Å². The Morgan fingerprint density at radius 2 is 2.24 bits per heavy atom. The molecule has 0 bridgehead atoms. The number of carbonyl (C=O) groups excluding carboxylic acids is 1. The Bertz CT molecular complexity index is 445. The van der Waals surface area contributed by atoms with Crippen molar-refractivity contribution in [3.8, 4) is 0 Å². The number of rotatable bonds is 1. The van der Waals surface area contributed by atoms with Crippen molar-refractivity contribution < 1.29 is 4.79 Å². The van der Waals surface area contributed by atoms with Crippen molar-refractivity contribution in [2.24, 2.45) is 0 Å². The molecule has 1 amide bonds. The van der Waals surface area contributed by atoms with Gasteiger partial charge < -0.3 is 10.2 Å². The molecule has 3 nitrogen and oxygen atoms in total. The van der Waals surface area contributed by atoms with Crippen LogP contribution in [0.25, 0.3) is 0 Å². The molecule has 0 aliphatic carbocycles. The molecule has 1 aliphatic rings. The van der Waals surface area contributed by atoms with E-state index >= 15 is 0 Å². The van der Waals surface area contributed by atoms with Gasteiger partial charge in [-0.2, -0.15) is 0 Å². The largest absolute Gasteiger partial charge is 0.331 e. The van der Waals surface area contributed by atoms with E-state index in [2.05, 4.69) is 51.0 Å². The molecule has 1 aromatic rings. The maximum atomic E-state index is 12.5. The maximum Gasteiger partial charge on any atom is 0.256 e. The summed E-state index contributed by atoms with van der Waals surface area (Å²) >= 11 is 8.39. The first-order valence-electron chi connectivity index (χ1n) is 5.39. The molecule has 0 saturated carbocycles. The molecule has 0 aromatic carbocycles. The number of nitrogens with zero attached hydrogens (tertiary/aromatic N) is 1. The molecule has 1 aromatic heterocycles. The number of halogens is 2. The molecule has 6 heteroatoms. The lowest BCUT2D eigenvalue weighted by Gasteiger charge is -2.42. The lowest BCUT2D eigenvalue weighted by atomic mass is 9.99. The van der Waals surface area contributed by atoms with E-state index in [0.717, 1.165) is 32.8 Å². The van der Waals surface area contributed by atoms with E-state index in [1.54, 1.807) is 0 Å². The Hall–Kier alpha value is 0.0900. The third kappa shape index (κ3) is 2.75. The number of thiophene rings is 1. The summed E-state index contributed by atoms with van der Waals surface area (Å²) in [7, 11) is 0. The summed E-state index contributed by atoms with van der Waals surface area (Å²) in [6.07, 6.45) is 0. The van der Waals surface area contributed by atoms with Gasteiger partial charge in [0.1, 0.15) is 0 Å². The average molecular weight is 382 g/mol. The average Bonchev–Trinajstić information content (AvgIpc) is 2.56. The minimum absolute atomic E-state index is 0.102. The highest BCUT2D eigenvalue weighted by molar-refractivity contribution is 9.12. The van der Waals surface area contributed by atoms with E-state index in [9.17, 15) is 4.79 Å². The first kappa shape index (κ1) is 13.5. The van der Waals surface area contributed by atoms with Crippen molar-refractivity contribution in [2.75, 3.05) is 19.6 Å². The summed E-state index contributed by atoms with van der Waals surface area (Å²) in [6, 6.07) is 1.88. The van der Waals surface area contributed by atoms with Crippen molar-refractivity contribution in [3.05, 3.63) is 19.2 Å². The van der Waals surface area contributed by atoms with Crippen LogP contribution in [0.4, 0.5) is 0 Å². The summed E-state index contributed by atoms with van der Waals surface area (Å²) < 4.78 is 1.87. The summed E-state index contributed by atoms with van der Waals surface area (Å²) in [5.41, 5.74) is 0.611. The van der Waals surface area contributed by atoms with Crippen LogP contribution in [0, 0.1) is 0 Å². The first-order valence-corrected chi connectivity index (χ1v) is 7.79. The van der Waals surface area contributed by atoms with Crippen LogP contribution in [-0.4, -0.2) is 36.0 Å². The molecule has 17 heavy (non-hydrogen) atoms. The number of carbonyl (C=O) groups is 1. The number of piperazine rings is 1. The molecule has 2 rings (SSSR count). The summed E-state index contributed by atoms with van der Waals surface area (Å²) in [6.45, 7) is 6.63. The minimum atomic E-state index is -0.136. The molecule has 94 valence electrons. The number of amides is 1. The van der Waals surface area contributed by atoms with Gasteiger partial charge in [-0.05, 0) is 51.8 Å². The van der Waals surface area contributed by atoms with E-state index in [0.29, 0.717) is 0 Å². The van der Waals surface area contributed by atoms with Gasteiger partial charge in [0.2, 0.25) is 0 Å². The summed E-state index contributed by atoms with van der Waals surface area (Å²) in [5, 5.41) is 3.32. The van der Waals surface area contributed by atoms with Gasteiger partial charge in [-0.1, -0.05) is 0 Å². The standard InChI is InChI=1S/C11H14Br2N2OS/c1-11(2)6-14-3-4-15(11)10(16)7-5-8(12)17-9(7)13/h5,14H,3-4,6H2,1-2H3. The molecule has 1 N–H and O–H groups in total. The van der Waals surface area contributed by atoms with E-state index in [-0.39, 0.29) is 11.4 Å². The number of nitrogens with one attached hydrogen (secondary N) is 1. The normalized spacial score (nSPS) is 19.4. The van der Waals surface area contributed by atoms with Gasteiger partial charge in [0.15, 0.2) is 0 Å². The van der Waals surface area contributed by atoms with Gasteiger partial charge in [0.05, 0.1) is 18.7 Å². The Morgan fingerprint density at radius 3 is 2.76 bits per heavy atom. The van der Waals surface area contributed by atoms with Gasteiger partial charge in [-0.25, -0.2) is 0 Å². The van der Waals surface area contributed by atoms with Gasteiger partial charge in [0, 0.05) is 19.6 Å². The zero-order valence-corrected chi connectivity index (χ0v) is 13.7. The fourth-order valence-electron chi connectivity index (χ4n) is 1.99. The molecule has 2 heterocycles. The molecule has 1 saturated heterocycles. The van der Waals surface area contributed by atoms with Crippen LogP contribution in [0.3, 0.4) is 0 Å². The molecule has 0 atom stereocenters. The lowest BCUT2D eigenvalue weighted by molar-refractivity contribution is 0.0477. The first-order chi connectivity index (χ1) is 7.92. The summed E-state index contributed by atoms with van der Waals surface area (Å²) in [5.74, 6) is 0.102. The van der Waals surface area contributed by atoms with E-state index in [4.69, 9.17) is 0 Å². The van der Waals surface area contributed by atoms with E-state index < -0.39 is 0 Å². The van der Waals surface area contributed by atoms with Crippen molar-refractivity contribution in [2.45, 2.75) is 19.4 Å². The molecule has 0 unspecified atom stereocenters. The molecule has 0 radical (unpaired) electrons. The van der Waals surface area contributed by atoms with Crippen LogP contribution in [0.5, 0.6) is 0 Å². The maximum absolute atomic E-state index is 12.5. The van der Waals surface area contributed by atoms with Crippen LogP contribution >= 0.6 is 43.2 Å². The van der Waals surface area contributed by atoms with Crippen LogP contribution in [0.2, 0.25) is 0 Å². The monoisotopic (exact) mass is 380 g/mol. The molecule has 1 fully saturated rings. The molecular formula is C11H14Br2N2OS. The summed E-state index contributed by atoms with van der Waals surface area (Å²) in [4.78, 5) is 14.5. The molecule has 1 aliphatic heterocycles. The highest BCUT2D eigenvalue weighted by atomic mass is 79.9. The van der Waals surface area contributed by atoms with Crippen LogP contribution < -0.4 is 5.32 Å². The van der Waals surface area contributed by atoms with Crippen LogP contribution in [0.1, 0.15) is 24.2 Å². The second-order valence-electron chi connectivity index (χ2n) is 4.68. The fourth-order valence-corrected chi connectivity index (χ4v) is 4.77. The van der Waals surface area contributed by atoms with E-state index in [1.807, 2.05) is 11.0 Å². The topological polar surface area (TPSA) is 32.3 Å². The van der Waals surface area contributed by atoms with Gasteiger partial charge in [-0.3, -0.25) is 4.79 Å². The lowest BCUT2D eigenvalue weighted by Crippen LogP contribution is -2.59. The quantitative estimate of drug-likeness (QED) is 0.810. The van der Waals surface area contributed by atoms with Crippen molar-refractivity contribution in [1.82, 2.24) is 10.2 Å². The van der Waals surface area contributed by atoms with E-state index in [1.165, 1.54) is 11.3 Å². The van der Waals surface area contributed by atoms with Gasteiger partial charge in [0.25, 0.3) is 5.91 Å². The zero-order chi connectivity index (χ0) is 12.6. The number of hydrogen-bond donors (Lipinski definition) is 1. The van der Waals surface area contributed by atoms with Gasteiger partial charge in [-0.15, -0.1) is 11.3 Å². The SMILES string of the molecule is CC1(C)CNCCN1C(=O)c1cc(Br)sc1Br. The van der Waals surface area contributed by atoms with Crippen molar-refractivity contribution >= 4 is 49.1 Å². The molecule has 0 spiro atoms. The second kappa shape index (κ2) is 4.99. The third-order valence-electron chi connectivity index (χ3n) is 2.93. The highest BCUT2D eigenvalue weighted by Crippen LogP contribution is 2.33. The Kier molecular flexibility index (Phi) is 3.97. The fraction of sp³-hybridized carbons (Fsp3) is 0.545. The predicted octanol–water partition coefficient (Wildman–Crippen LogP) is 3.10. The van der Waals surface area contributed by atoms with Crippen LogP contribution in [-0.2, 0) is 0 Å². The third-order valence-corrected chi connectivity index (χ3v) is 5.27. The Balaban J connectivity index is 2.28. The van der Waals surface area contributed by atoms with Crippen LogP contribution in [0.15, 0.2) is 13.6 Å².